The molecule has 0 bridgehead atoms. The van der Waals surface area contributed by atoms with Crippen molar-refractivity contribution in [3.63, 3.8) is 0 Å². The van der Waals surface area contributed by atoms with Gasteiger partial charge in [-0.05, 0) is 18.2 Å². The van der Waals surface area contributed by atoms with Gasteiger partial charge in [-0.2, -0.15) is 0 Å². The highest BCUT2D eigenvalue weighted by Gasteiger charge is 2.28. The van der Waals surface area contributed by atoms with Crippen LogP contribution in [0.25, 0.3) is 0 Å². The third-order valence-corrected chi connectivity index (χ3v) is 2.09. The second-order valence-corrected chi connectivity index (χ2v) is 3.32. The van der Waals surface area contributed by atoms with Gasteiger partial charge in [-0.3, -0.25) is 4.74 Å². The molecule has 4 nitrogen and oxygen atoms in total. The molecule has 0 saturated carbocycles. The summed E-state index contributed by atoms with van der Waals surface area (Å²) >= 11 is 0. The number of halogens is 3. The molecule has 0 aliphatic rings. The summed E-state index contributed by atoms with van der Waals surface area (Å²) in [6, 6.07) is 4.90. The van der Waals surface area contributed by atoms with Crippen LogP contribution in [0.5, 0.6) is 11.5 Å². The molecule has 0 unspecified atom stereocenters. The molecule has 0 spiro atoms. The summed E-state index contributed by atoms with van der Waals surface area (Å²) in [4.78, 5) is 0. The molecule has 0 aliphatic heterocycles. The predicted octanol–water partition coefficient (Wildman–Crippen LogP) is 2.07. The maximum atomic E-state index is 11.7. The molecule has 0 amide bonds. The first-order chi connectivity index (χ1) is 8.46. The maximum absolute atomic E-state index is 11.7. The second-order valence-electron chi connectivity index (χ2n) is 3.32. The van der Waals surface area contributed by atoms with Crippen LogP contribution in [0.4, 0.5) is 13.2 Å². The molecule has 1 aromatic carbocycles. The molecule has 0 aliphatic carbocycles. The minimum absolute atomic E-state index is 0.201. The van der Waals surface area contributed by atoms with Crippen molar-refractivity contribution in [3.8, 4) is 11.5 Å². The summed E-state index contributed by atoms with van der Waals surface area (Å²) in [6.45, 7) is -0.578. The van der Waals surface area contributed by atoms with Gasteiger partial charge < -0.3 is 15.2 Å². The number of hydrogen-bond donors (Lipinski definition) is 1. The summed E-state index contributed by atoms with van der Waals surface area (Å²) in [7, 11) is 1.51. The summed E-state index contributed by atoms with van der Waals surface area (Å²) in [5.41, 5.74) is 6.15. The summed E-state index contributed by atoms with van der Waals surface area (Å²) < 4.78 is 48.9. The van der Waals surface area contributed by atoms with Crippen molar-refractivity contribution in [2.75, 3.05) is 20.3 Å². The zero-order chi connectivity index (χ0) is 13.6. The first kappa shape index (κ1) is 14.6. The lowest BCUT2D eigenvalue weighted by atomic mass is 10.2. The van der Waals surface area contributed by atoms with Crippen molar-refractivity contribution >= 4 is 0 Å². The Morgan fingerprint density at radius 2 is 1.94 bits per heavy atom. The van der Waals surface area contributed by atoms with E-state index in [1.807, 2.05) is 0 Å². The summed E-state index contributed by atoms with van der Waals surface area (Å²) in [5.74, 6) is 1.03. The standard InChI is InChI=1S/C11H14F3NO3/c1-16-9-2-3-10(8(6-9)7-15)17-4-5-18-11(12,13)14/h2-3,6H,4-5,7,15H2,1H3. The van der Waals surface area contributed by atoms with Gasteiger partial charge >= 0.3 is 6.36 Å². The van der Waals surface area contributed by atoms with Gasteiger partial charge in [0.25, 0.3) is 0 Å². The van der Waals surface area contributed by atoms with Crippen LogP contribution in [-0.2, 0) is 11.3 Å². The normalized spacial score (nSPS) is 11.4. The Labute approximate surface area is 102 Å². The van der Waals surface area contributed by atoms with Crippen LogP contribution in [-0.4, -0.2) is 26.7 Å². The summed E-state index contributed by atoms with van der Waals surface area (Å²) in [6.07, 6.45) is -4.64. The SMILES string of the molecule is COc1ccc(OCCOC(F)(F)F)c(CN)c1. The van der Waals surface area contributed by atoms with Gasteiger partial charge in [-0.25, -0.2) is 0 Å². The van der Waals surface area contributed by atoms with Crippen molar-refractivity contribution in [2.24, 2.45) is 5.73 Å². The molecular formula is C11H14F3NO3. The van der Waals surface area contributed by atoms with Crippen LogP contribution in [0.15, 0.2) is 18.2 Å². The van der Waals surface area contributed by atoms with Crippen molar-refractivity contribution in [1.82, 2.24) is 0 Å². The molecule has 0 atom stereocenters. The minimum Gasteiger partial charge on any atom is -0.497 e. The van der Waals surface area contributed by atoms with E-state index >= 15 is 0 Å². The van der Waals surface area contributed by atoms with E-state index in [0.29, 0.717) is 17.1 Å². The van der Waals surface area contributed by atoms with Crippen LogP contribution >= 0.6 is 0 Å². The Bertz CT molecular complexity index is 382. The Balaban J connectivity index is 2.51. The van der Waals surface area contributed by atoms with Gasteiger partial charge in [0, 0.05) is 12.1 Å². The Morgan fingerprint density at radius 3 is 2.50 bits per heavy atom. The van der Waals surface area contributed by atoms with Crippen LogP contribution < -0.4 is 15.2 Å². The highest BCUT2D eigenvalue weighted by atomic mass is 19.4. The fraction of sp³-hybridized carbons (Fsp3) is 0.455. The molecule has 1 rings (SSSR count). The molecule has 0 heterocycles. The fourth-order valence-corrected chi connectivity index (χ4v) is 1.29. The highest BCUT2D eigenvalue weighted by Crippen LogP contribution is 2.24. The largest absolute Gasteiger partial charge is 0.522 e. The van der Waals surface area contributed by atoms with Gasteiger partial charge in [-0.1, -0.05) is 0 Å². The lowest BCUT2D eigenvalue weighted by molar-refractivity contribution is -0.325. The van der Waals surface area contributed by atoms with E-state index in [1.165, 1.54) is 7.11 Å². The number of hydrogen-bond acceptors (Lipinski definition) is 4. The van der Waals surface area contributed by atoms with Gasteiger partial charge in [0.15, 0.2) is 0 Å². The average molecular weight is 265 g/mol. The first-order valence-corrected chi connectivity index (χ1v) is 5.16. The molecule has 0 fully saturated rings. The molecule has 2 N–H and O–H groups in total. The lowest BCUT2D eigenvalue weighted by Gasteiger charge is -2.12. The van der Waals surface area contributed by atoms with E-state index in [9.17, 15) is 13.2 Å². The zero-order valence-corrected chi connectivity index (χ0v) is 9.79. The van der Waals surface area contributed by atoms with E-state index in [-0.39, 0.29) is 13.2 Å². The number of methoxy groups -OCH3 is 1. The number of benzene rings is 1. The number of ether oxygens (including phenoxy) is 3. The van der Waals surface area contributed by atoms with Crippen LogP contribution in [0, 0.1) is 0 Å². The number of nitrogens with two attached hydrogens (primary N) is 1. The molecule has 1 aromatic rings. The monoisotopic (exact) mass is 265 g/mol. The molecule has 18 heavy (non-hydrogen) atoms. The van der Waals surface area contributed by atoms with Crippen molar-refractivity contribution in [3.05, 3.63) is 23.8 Å². The first-order valence-electron chi connectivity index (χ1n) is 5.16. The number of rotatable bonds is 6. The smallest absolute Gasteiger partial charge is 0.497 e. The second kappa shape index (κ2) is 6.46. The van der Waals surface area contributed by atoms with Gasteiger partial charge in [0.2, 0.25) is 0 Å². The van der Waals surface area contributed by atoms with Crippen LogP contribution in [0.1, 0.15) is 5.56 Å². The van der Waals surface area contributed by atoms with E-state index in [0.717, 1.165) is 0 Å². The van der Waals surface area contributed by atoms with E-state index in [1.54, 1.807) is 18.2 Å². The molecule has 0 saturated heterocycles. The van der Waals surface area contributed by atoms with Crippen molar-refractivity contribution < 1.29 is 27.4 Å². The molecule has 0 aromatic heterocycles. The minimum atomic E-state index is -4.64. The van der Waals surface area contributed by atoms with Crippen LogP contribution in [0.3, 0.4) is 0 Å². The average Bonchev–Trinajstić information content (AvgIpc) is 2.33. The van der Waals surface area contributed by atoms with Crippen molar-refractivity contribution in [2.45, 2.75) is 12.9 Å². The van der Waals surface area contributed by atoms with Crippen molar-refractivity contribution in [1.29, 1.82) is 0 Å². The number of alkyl halides is 3. The van der Waals surface area contributed by atoms with E-state index in [2.05, 4.69) is 4.74 Å². The fourth-order valence-electron chi connectivity index (χ4n) is 1.29. The lowest BCUT2D eigenvalue weighted by Crippen LogP contribution is -2.18. The highest BCUT2D eigenvalue weighted by molar-refractivity contribution is 5.40. The van der Waals surface area contributed by atoms with Crippen LogP contribution in [0.2, 0.25) is 0 Å². The van der Waals surface area contributed by atoms with E-state index < -0.39 is 13.0 Å². The Kier molecular flexibility index (Phi) is 5.24. The zero-order valence-electron chi connectivity index (χ0n) is 9.79. The van der Waals surface area contributed by atoms with Gasteiger partial charge in [0.05, 0.1) is 13.7 Å². The Morgan fingerprint density at radius 1 is 1.22 bits per heavy atom. The van der Waals surface area contributed by atoms with Gasteiger partial charge in [0.1, 0.15) is 18.1 Å². The molecule has 0 radical (unpaired) electrons. The molecule has 7 heteroatoms. The topological polar surface area (TPSA) is 53.7 Å². The van der Waals surface area contributed by atoms with E-state index in [4.69, 9.17) is 15.2 Å². The quantitative estimate of drug-likeness (QED) is 0.800. The Hall–Kier alpha value is -1.47. The predicted molar refractivity (Wildman–Crippen MR) is 58.4 cm³/mol. The summed E-state index contributed by atoms with van der Waals surface area (Å²) in [5, 5.41) is 0. The third kappa shape index (κ3) is 4.80. The molecule has 102 valence electrons. The maximum Gasteiger partial charge on any atom is 0.522 e. The third-order valence-electron chi connectivity index (χ3n) is 2.09. The van der Waals surface area contributed by atoms with Gasteiger partial charge in [-0.15, -0.1) is 13.2 Å². The molecular weight excluding hydrogens is 251 g/mol.